The summed E-state index contributed by atoms with van der Waals surface area (Å²) in [6.45, 7) is 7.94. The van der Waals surface area contributed by atoms with Crippen molar-refractivity contribution in [2.24, 2.45) is 9.98 Å². The average Bonchev–Trinajstić information content (AvgIpc) is 3.84. The second-order valence-electron chi connectivity index (χ2n) is 11.9. The van der Waals surface area contributed by atoms with Crippen LogP contribution in [-0.4, -0.2) is 74.1 Å². The SMILES string of the molecule is c1ccc2c(c1)-c1ccc(N3CCN4CCN=C43)cc1C21c2ccccc2-c2ccc(N3CCN4CCN=C43)cc21. The molecule has 6 heteroatoms. The highest BCUT2D eigenvalue weighted by atomic mass is 15.5. The molecule has 10 rings (SSSR count). The molecular formula is C35H30N6. The molecule has 0 unspecified atom stereocenters. The number of nitrogens with zero attached hydrogens (tertiary/aromatic N) is 6. The Labute approximate surface area is 239 Å². The van der Waals surface area contributed by atoms with Gasteiger partial charge in [0.05, 0.1) is 18.5 Å². The van der Waals surface area contributed by atoms with Crippen LogP contribution >= 0.6 is 0 Å². The van der Waals surface area contributed by atoms with Crippen LogP contribution in [0, 0.1) is 0 Å². The molecule has 4 aliphatic heterocycles. The molecule has 1 spiro atoms. The van der Waals surface area contributed by atoms with E-state index in [2.05, 4.69) is 105 Å². The van der Waals surface area contributed by atoms with Crippen LogP contribution < -0.4 is 9.80 Å². The Morgan fingerprint density at radius 2 is 0.927 bits per heavy atom. The lowest BCUT2D eigenvalue weighted by Gasteiger charge is -2.32. The molecule has 2 fully saturated rings. The van der Waals surface area contributed by atoms with Crippen molar-refractivity contribution in [3.63, 3.8) is 0 Å². The van der Waals surface area contributed by atoms with Crippen LogP contribution in [0.5, 0.6) is 0 Å². The van der Waals surface area contributed by atoms with E-state index < -0.39 is 0 Å². The summed E-state index contributed by atoms with van der Waals surface area (Å²) in [5.41, 5.74) is 13.0. The zero-order valence-electron chi connectivity index (χ0n) is 22.9. The average molecular weight is 535 g/mol. The van der Waals surface area contributed by atoms with Crippen molar-refractivity contribution < 1.29 is 0 Å². The summed E-state index contributed by atoms with van der Waals surface area (Å²) in [4.78, 5) is 19.5. The minimum atomic E-state index is -0.363. The molecule has 6 nitrogen and oxygen atoms in total. The maximum Gasteiger partial charge on any atom is 0.201 e. The summed E-state index contributed by atoms with van der Waals surface area (Å²) >= 11 is 0. The summed E-state index contributed by atoms with van der Waals surface area (Å²) in [5, 5.41) is 0. The monoisotopic (exact) mass is 534 g/mol. The summed E-state index contributed by atoms with van der Waals surface area (Å²) in [6.07, 6.45) is 0. The maximum atomic E-state index is 4.88. The van der Waals surface area contributed by atoms with Gasteiger partial charge in [0, 0.05) is 50.6 Å². The molecule has 0 saturated carbocycles. The summed E-state index contributed by atoms with van der Waals surface area (Å²) in [5.74, 6) is 2.28. The number of hydrogen-bond acceptors (Lipinski definition) is 6. The van der Waals surface area contributed by atoms with E-state index in [9.17, 15) is 0 Å². The number of anilines is 2. The van der Waals surface area contributed by atoms with E-state index in [1.54, 1.807) is 0 Å². The molecule has 4 aromatic carbocycles. The minimum absolute atomic E-state index is 0.363. The standard InChI is InChI=1S/C35H30N6/c1-3-7-29-25(5-1)27-11-9-23(40-19-17-38-15-13-36-33(38)40)21-31(27)35(29)30-8-4-2-6-26(30)28-12-10-24(22-32(28)35)41-20-18-39-16-14-37-34(39)41/h1-12,21-22H,13-20H2. The van der Waals surface area contributed by atoms with Crippen molar-refractivity contribution in [2.45, 2.75) is 5.41 Å². The first-order valence-electron chi connectivity index (χ1n) is 14.9. The van der Waals surface area contributed by atoms with Crippen LogP contribution in [0.15, 0.2) is 94.9 Å². The number of hydrogen-bond donors (Lipinski definition) is 0. The maximum absolute atomic E-state index is 4.88. The summed E-state index contributed by atoms with van der Waals surface area (Å²) in [7, 11) is 0. The molecule has 4 heterocycles. The fraction of sp³-hybridized carbons (Fsp3) is 0.257. The quantitative estimate of drug-likeness (QED) is 0.313. The molecule has 0 amide bonds. The summed E-state index contributed by atoms with van der Waals surface area (Å²) in [6, 6.07) is 32.5. The second-order valence-corrected chi connectivity index (χ2v) is 11.9. The molecule has 0 N–H and O–H groups in total. The van der Waals surface area contributed by atoms with Gasteiger partial charge in [0.25, 0.3) is 0 Å². The Hall–Kier alpha value is -4.58. The highest BCUT2D eigenvalue weighted by molar-refractivity contribution is 6.03. The first-order valence-corrected chi connectivity index (χ1v) is 14.9. The van der Waals surface area contributed by atoms with Crippen LogP contribution in [0.25, 0.3) is 22.3 Å². The Kier molecular flexibility index (Phi) is 4.21. The fourth-order valence-corrected chi connectivity index (χ4v) is 8.46. The normalized spacial score (nSPS) is 20.2. The predicted molar refractivity (Wildman–Crippen MR) is 165 cm³/mol. The third-order valence-electron chi connectivity index (χ3n) is 10.2. The molecule has 4 aromatic rings. The molecule has 0 radical (unpaired) electrons. The Balaban J connectivity index is 1.24. The number of rotatable bonds is 2. The first kappa shape index (κ1) is 22.1. The zero-order chi connectivity index (χ0) is 26.7. The lowest BCUT2D eigenvalue weighted by molar-refractivity contribution is 0.503. The highest BCUT2D eigenvalue weighted by Crippen LogP contribution is 2.63. The van der Waals surface area contributed by atoms with Crippen LogP contribution in [0.2, 0.25) is 0 Å². The molecule has 6 aliphatic rings. The third-order valence-corrected chi connectivity index (χ3v) is 10.2. The van der Waals surface area contributed by atoms with E-state index in [1.807, 2.05) is 0 Å². The predicted octanol–water partition coefficient (Wildman–Crippen LogP) is 5.01. The van der Waals surface area contributed by atoms with E-state index in [1.165, 1.54) is 55.9 Å². The van der Waals surface area contributed by atoms with Crippen molar-refractivity contribution in [3.8, 4) is 22.3 Å². The molecule has 0 bridgehead atoms. The van der Waals surface area contributed by atoms with Gasteiger partial charge in [-0.25, -0.2) is 0 Å². The van der Waals surface area contributed by atoms with Gasteiger partial charge in [-0.05, 0) is 68.8 Å². The Bertz CT molecular complexity index is 1720. The van der Waals surface area contributed by atoms with Crippen molar-refractivity contribution >= 4 is 23.3 Å². The number of benzene rings is 4. The van der Waals surface area contributed by atoms with Gasteiger partial charge in [0.2, 0.25) is 11.9 Å². The van der Waals surface area contributed by atoms with Crippen LogP contribution in [-0.2, 0) is 5.41 Å². The lowest BCUT2D eigenvalue weighted by Crippen LogP contribution is -2.31. The number of fused-ring (bicyclic) bond motifs is 12. The van der Waals surface area contributed by atoms with E-state index in [4.69, 9.17) is 9.98 Å². The first-order chi connectivity index (χ1) is 20.3. The van der Waals surface area contributed by atoms with Gasteiger partial charge in [-0.2, -0.15) is 0 Å². The number of aliphatic imine (C=N–C) groups is 2. The van der Waals surface area contributed by atoms with E-state index >= 15 is 0 Å². The molecule has 0 aromatic heterocycles. The van der Waals surface area contributed by atoms with Crippen LogP contribution in [0.1, 0.15) is 22.3 Å². The van der Waals surface area contributed by atoms with Gasteiger partial charge in [-0.1, -0.05) is 60.7 Å². The van der Waals surface area contributed by atoms with Crippen LogP contribution in [0.3, 0.4) is 0 Å². The highest BCUT2D eigenvalue weighted by Gasteiger charge is 2.52. The van der Waals surface area contributed by atoms with E-state index in [0.717, 1.165) is 64.3 Å². The lowest BCUT2D eigenvalue weighted by atomic mass is 9.70. The summed E-state index contributed by atoms with van der Waals surface area (Å²) < 4.78 is 0. The van der Waals surface area contributed by atoms with Gasteiger partial charge in [0.1, 0.15) is 0 Å². The fourth-order valence-electron chi connectivity index (χ4n) is 8.46. The Morgan fingerprint density at radius 1 is 0.463 bits per heavy atom. The van der Waals surface area contributed by atoms with Crippen molar-refractivity contribution in [1.82, 2.24) is 9.80 Å². The van der Waals surface area contributed by atoms with Gasteiger partial charge < -0.3 is 19.6 Å². The van der Waals surface area contributed by atoms with Gasteiger partial charge in [0.15, 0.2) is 0 Å². The van der Waals surface area contributed by atoms with Crippen molar-refractivity contribution in [3.05, 3.63) is 107 Å². The molecule has 200 valence electrons. The van der Waals surface area contributed by atoms with E-state index in [0.29, 0.717) is 0 Å². The van der Waals surface area contributed by atoms with Gasteiger partial charge in [-0.3, -0.25) is 9.98 Å². The molecular weight excluding hydrogens is 504 g/mol. The van der Waals surface area contributed by atoms with Crippen molar-refractivity contribution in [1.29, 1.82) is 0 Å². The topological polar surface area (TPSA) is 37.7 Å². The Morgan fingerprint density at radius 3 is 1.44 bits per heavy atom. The molecule has 41 heavy (non-hydrogen) atoms. The molecule has 2 aliphatic carbocycles. The molecule has 2 saturated heterocycles. The van der Waals surface area contributed by atoms with Gasteiger partial charge in [-0.15, -0.1) is 0 Å². The minimum Gasteiger partial charge on any atom is -0.339 e. The van der Waals surface area contributed by atoms with Gasteiger partial charge >= 0.3 is 0 Å². The van der Waals surface area contributed by atoms with E-state index in [-0.39, 0.29) is 5.41 Å². The van der Waals surface area contributed by atoms with Crippen LogP contribution in [0.4, 0.5) is 11.4 Å². The smallest absolute Gasteiger partial charge is 0.201 e. The molecule has 0 atom stereocenters. The third kappa shape index (κ3) is 2.68. The van der Waals surface area contributed by atoms with Crippen molar-refractivity contribution in [2.75, 3.05) is 62.2 Å². The second kappa shape index (κ2) is 7.78. The zero-order valence-corrected chi connectivity index (χ0v) is 22.9. The number of guanidine groups is 2. The largest absolute Gasteiger partial charge is 0.339 e.